The van der Waals surface area contributed by atoms with Crippen LogP contribution in [0.15, 0.2) is 0 Å². The van der Waals surface area contributed by atoms with E-state index in [0.29, 0.717) is 11.3 Å². The number of carbonyl (C=O) groups is 2. The van der Waals surface area contributed by atoms with Gasteiger partial charge in [-0.15, -0.1) is 0 Å². The molecular weight excluding hydrogens is 215 g/mol. The lowest BCUT2D eigenvalue weighted by Gasteiger charge is -2.25. The number of alkyl halides is 3. The molecule has 15 heavy (non-hydrogen) atoms. The standard InChI is InChI=1S/C8H8F3NO3/c9-8(10,11)7(15)12-4-1-3(4)2-5(12)6(13)14/h3-5H,1-2H2,(H,13,14)/t3-,4-,5-/m0/s1. The van der Waals surface area contributed by atoms with Crippen LogP contribution in [-0.2, 0) is 9.59 Å². The van der Waals surface area contributed by atoms with E-state index in [-0.39, 0.29) is 12.3 Å². The molecule has 1 saturated heterocycles. The van der Waals surface area contributed by atoms with Gasteiger partial charge in [-0.25, -0.2) is 4.79 Å². The van der Waals surface area contributed by atoms with E-state index in [1.807, 2.05) is 0 Å². The van der Waals surface area contributed by atoms with Crippen molar-refractivity contribution in [2.75, 3.05) is 0 Å². The number of amides is 1. The number of halogens is 3. The van der Waals surface area contributed by atoms with E-state index in [9.17, 15) is 22.8 Å². The number of carboxylic acid groups (broad SMARTS) is 1. The Bertz CT molecular complexity index is 328. The van der Waals surface area contributed by atoms with E-state index < -0.39 is 30.1 Å². The Morgan fingerprint density at radius 3 is 2.33 bits per heavy atom. The second kappa shape index (κ2) is 2.86. The Kier molecular flexibility index (Phi) is 1.96. The highest BCUT2D eigenvalue weighted by atomic mass is 19.4. The summed E-state index contributed by atoms with van der Waals surface area (Å²) in [6.07, 6.45) is -4.35. The van der Waals surface area contributed by atoms with E-state index in [0.717, 1.165) is 0 Å². The van der Waals surface area contributed by atoms with E-state index in [1.165, 1.54) is 0 Å². The molecular formula is C8H8F3NO3. The van der Waals surface area contributed by atoms with Crippen molar-refractivity contribution < 1.29 is 27.9 Å². The molecule has 0 bridgehead atoms. The Labute approximate surface area is 82.7 Å². The summed E-state index contributed by atoms with van der Waals surface area (Å²) in [4.78, 5) is 22.1. The second-order valence-corrected chi connectivity index (χ2v) is 3.86. The maximum Gasteiger partial charge on any atom is 0.471 e. The minimum absolute atomic E-state index is 0.0580. The monoisotopic (exact) mass is 223 g/mol. The van der Waals surface area contributed by atoms with E-state index >= 15 is 0 Å². The summed E-state index contributed by atoms with van der Waals surface area (Å²) in [5.74, 6) is -3.45. The first-order valence-electron chi connectivity index (χ1n) is 4.44. The fourth-order valence-electron chi connectivity index (χ4n) is 2.12. The minimum atomic E-state index is -4.98. The number of aliphatic carboxylic acids is 1. The van der Waals surface area contributed by atoms with Crippen molar-refractivity contribution in [1.82, 2.24) is 4.90 Å². The van der Waals surface area contributed by atoms with Crippen molar-refractivity contribution in [3.63, 3.8) is 0 Å². The first-order chi connectivity index (χ1) is 6.82. The average molecular weight is 223 g/mol. The van der Waals surface area contributed by atoms with Gasteiger partial charge in [0.25, 0.3) is 0 Å². The highest BCUT2D eigenvalue weighted by Crippen LogP contribution is 2.49. The summed E-state index contributed by atoms with van der Waals surface area (Å²) in [5, 5.41) is 8.68. The van der Waals surface area contributed by atoms with Gasteiger partial charge >= 0.3 is 18.1 Å². The zero-order valence-electron chi connectivity index (χ0n) is 7.49. The molecule has 1 N–H and O–H groups in total. The summed E-state index contributed by atoms with van der Waals surface area (Å²) < 4.78 is 36.4. The molecule has 1 aliphatic heterocycles. The van der Waals surface area contributed by atoms with E-state index in [4.69, 9.17) is 5.11 Å². The summed E-state index contributed by atoms with van der Waals surface area (Å²) in [6, 6.07) is -1.82. The Balaban J connectivity index is 2.19. The SMILES string of the molecule is O=C(O)[C@@H]1C[C@@H]2C[C@@H]2N1C(=O)C(F)(F)F. The smallest absolute Gasteiger partial charge is 0.471 e. The quantitative estimate of drug-likeness (QED) is 0.709. The van der Waals surface area contributed by atoms with Gasteiger partial charge in [0.1, 0.15) is 6.04 Å². The Hall–Kier alpha value is -1.27. The van der Waals surface area contributed by atoms with Crippen LogP contribution in [0.25, 0.3) is 0 Å². The Morgan fingerprint density at radius 1 is 1.27 bits per heavy atom. The molecule has 0 spiro atoms. The van der Waals surface area contributed by atoms with Crippen molar-refractivity contribution in [3.8, 4) is 0 Å². The third kappa shape index (κ3) is 1.55. The predicted octanol–water partition coefficient (Wildman–Crippen LogP) is 0.623. The molecule has 1 saturated carbocycles. The number of nitrogens with zero attached hydrogens (tertiary/aromatic N) is 1. The molecule has 1 amide bonds. The van der Waals surface area contributed by atoms with Crippen molar-refractivity contribution in [2.45, 2.75) is 31.1 Å². The van der Waals surface area contributed by atoms with Gasteiger partial charge in [0.05, 0.1) is 0 Å². The molecule has 0 radical (unpaired) electrons. The molecule has 84 valence electrons. The molecule has 7 heteroatoms. The zero-order valence-corrected chi connectivity index (χ0v) is 7.49. The van der Waals surface area contributed by atoms with Crippen LogP contribution in [0.1, 0.15) is 12.8 Å². The molecule has 2 rings (SSSR count). The summed E-state index contributed by atoms with van der Waals surface area (Å²) >= 11 is 0. The molecule has 3 atom stereocenters. The molecule has 2 aliphatic rings. The summed E-state index contributed by atoms with van der Waals surface area (Å²) in [5.41, 5.74) is 0. The van der Waals surface area contributed by atoms with Gasteiger partial charge in [-0.1, -0.05) is 0 Å². The summed E-state index contributed by atoms with van der Waals surface area (Å²) in [7, 11) is 0. The highest BCUT2D eigenvalue weighted by molar-refractivity contribution is 5.88. The number of piperidine rings is 1. The maximum atomic E-state index is 12.1. The average Bonchev–Trinajstić information content (AvgIpc) is 2.75. The van der Waals surface area contributed by atoms with E-state index in [1.54, 1.807) is 0 Å². The fourth-order valence-corrected chi connectivity index (χ4v) is 2.12. The van der Waals surface area contributed by atoms with Gasteiger partial charge in [0.15, 0.2) is 0 Å². The second-order valence-electron chi connectivity index (χ2n) is 3.86. The third-order valence-electron chi connectivity index (χ3n) is 2.87. The van der Waals surface area contributed by atoms with Crippen molar-refractivity contribution in [3.05, 3.63) is 0 Å². The largest absolute Gasteiger partial charge is 0.480 e. The lowest BCUT2D eigenvalue weighted by molar-refractivity contribution is -0.189. The number of hydrogen-bond acceptors (Lipinski definition) is 2. The van der Waals surface area contributed by atoms with Crippen LogP contribution in [0.4, 0.5) is 13.2 Å². The number of carboxylic acids is 1. The zero-order chi connectivity index (χ0) is 11.4. The molecule has 1 aliphatic carbocycles. The minimum Gasteiger partial charge on any atom is -0.480 e. The van der Waals surface area contributed by atoms with Crippen LogP contribution in [0, 0.1) is 5.92 Å². The molecule has 2 fully saturated rings. The van der Waals surface area contributed by atoms with Crippen LogP contribution >= 0.6 is 0 Å². The van der Waals surface area contributed by atoms with Gasteiger partial charge in [-0.3, -0.25) is 4.79 Å². The number of carbonyl (C=O) groups excluding carboxylic acids is 1. The predicted molar refractivity (Wildman–Crippen MR) is 40.8 cm³/mol. The van der Waals surface area contributed by atoms with Gasteiger partial charge in [0.2, 0.25) is 0 Å². The lowest BCUT2D eigenvalue weighted by atomic mass is 10.1. The van der Waals surface area contributed by atoms with Gasteiger partial charge < -0.3 is 10.0 Å². The fraction of sp³-hybridized carbons (Fsp3) is 0.750. The van der Waals surface area contributed by atoms with Gasteiger partial charge in [-0.05, 0) is 18.8 Å². The molecule has 0 aromatic carbocycles. The molecule has 0 unspecified atom stereocenters. The number of hydrogen-bond donors (Lipinski definition) is 1. The molecule has 1 heterocycles. The van der Waals surface area contributed by atoms with Gasteiger partial charge in [-0.2, -0.15) is 13.2 Å². The van der Waals surface area contributed by atoms with Gasteiger partial charge in [0, 0.05) is 6.04 Å². The maximum absolute atomic E-state index is 12.1. The third-order valence-corrected chi connectivity index (χ3v) is 2.87. The topological polar surface area (TPSA) is 57.6 Å². The van der Waals surface area contributed by atoms with Crippen LogP contribution in [0.5, 0.6) is 0 Å². The molecule has 4 nitrogen and oxygen atoms in total. The van der Waals surface area contributed by atoms with Crippen LogP contribution in [-0.4, -0.2) is 40.1 Å². The first-order valence-corrected chi connectivity index (χ1v) is 4.44. The number of fused-ring (bicyclic) bond motifs is 1. The summed E-state index contributed by atoms with van der Waals surface area (Å²) in [6.45, 7) is 0. The van der Waals surface area contributed by atoms with Crippen molar-refractivity contribution in [1.29, 1.82) is 0 Å². The van der Waals surface area contributed by atoms with Crippen LogP contribution < -0.4 is 0 Å². The molecule has 0 aromatic rings. The normalized spacial score (nSPS) is 33.8. The lowest BCUT2D eigenvalue weighted by Crippen LogP contribution is -2.48. The number of rotatable bonds is 1. The Morgan fingerprint density at radius 2 is 1.87 bits per heavy atom. The highest BCUT2D eigenvalue weighted by Gasteiger charge is 2.60. The van der Waals surface area contributed by atoms with Crippen molar-refractivity contribution >= 4 is 11.9 Å². The van der Waals surface area contributed by atoms with Crippen molar-refractivity contribution in [2.24, 2.45) is 5.92 Å². The number of likely N-dealkylation sites (tertiary alicyclic amines) is 1. The van der Waals surface area contributed by atoms with Crippen LogP contribution in [0.2, 0.25) is 0 Å². The van der Waals surface area contributed by atoms with E-state index in [2.05, 4.69) is 0 Å². The molecule has 0 aromatic heterocycles. The van der Waals surface area contributed by atoms with Crippen LogP contribution in [0.3, 0.4) is 0 Å². The first kappa shape index (κ1) is 10.3.